The lowest BCUT2D eigenvalue weighted by Gasteiger charge is -2.29. The van der Waals surface area contributed by atoms with Gasteiger partial charge in [0.2, 0.25) is 5.91 Å². The minimum absolute atomic E-state index is 0.0598. The second-order valence-corrected chi connectivity index (χ2v) is 7.03. The zero-order chi connectivity index (χ0) is 17.1. The molecular formula is C17H21Cl2N3O2. The molecule has 130 valence electrons. The number of amides is 2. The van der Waals surface area contributed by atoms with E-state index in [9.17, 15) is 9.59 Å². The lowest BCUT2D eigenvalue weighted by molar-refractivity contribution is -0.135. The Morgan fingerprint density at radius 2 is 1.88 bits per heavy atom. The molecule has 0 saturated carbocycles. The normalized spacial score (nSPS) is 21.7. The molecule has 2 amide bonds. The largest absolute Gasteiger partial charge is 0.340 e. The maximum Gasteiger partial charge on any atom is 0.254 e. The number of likely N-dealkylation sites (tertiary alicyclic amines) is 1. The first kappa shape index (κ1) is 17.5. The summed E-state index contributed by atoms with van der Waals surface area (Å²) in [5, 5.41) is 4.06. The number of carbonyl (C=O) groups is 2. The molecule has 0 aromatic heterocycles. The van der Waals surface area contributed by atoms with Crippen molar-refractivity contribution in [1.82, 2.24) is 15.1 Å². The second kappa shape index (κ2) is 7.72. The Morgan fingerprint density at radius 1 is 1.04 bits per heavy atom. The second-order valence-electron chi connectivity index (χ2n) is 6.21. The monoisotopic (exact) mass is 369 g/mol. The van der Waals surface area contributed by atoms with Gasteiger partial charge in [-0.05, 0) is 44.0 Å². The highest BCUT2D eigenvalue weighted by molar-refractivity contribution is 6.42. The van der Waals surface area contributed by atoms with E-state index in [-0.39, 0.29) is 17.9 Å². The van der Waals surface area contributed by atoms with E-state index in [1.165, 1.54) is 0 Å². The van der Waals surface area contributed by atoms with Crippen LogP contribution in [0.5, 0.6) is 0 Å². The van der Waals surface area contributed by atoms with E-state index in [4.69, 9.17) is 23.2 Å². The van der Waals surface area contributed by atoms with Crippen molar-refractivity contribution >= 4 is 35.0 Å². The van der Waals surface area contributed by atoms with E-state index in [1.807, 2.05) is 4.90 Å². The summed E-state index contributed by atoms with van der Waals surface area (Å²) in [6, 6.07) is 4.48. The number of hydrogen-bond donors (Lipinski definition) is 1. The van der Waals surface area contributed by atoms with Crippen LogP contribution in [0.2, 0.25) is 10.0 Å². The number of nitrogens with one attached hydrogen (secondary N) is 1. The molecule has 1 unspecified atom stereocenters. The molecule has 24 heavy (non-hydrogen) atoms. The molecule has 1 aromatic carbocycles. The Kier molecular flexibility index (Phi) is 5.64. The van der Waals surface area contributed by atoms with Crippen molar-refractivity contribution in [1.29, 1.82) is 0 Å². The minimum atomic E-state index is -0.370. The first-order valence-electron chi connectivity index (χ1n) is 8.33. The molecule has 2 aliphatic rings. The topological polar surface area (TPSA) is 52.7 Å². The Balaban J connectivity index is 1.75. The van der Waals surface area contributed by atoms with Crippen molar-refractivity contribution in [3.63, 3.8) is 0 Å². The van der Waals surface area contributed by atoms with E-state index in [0.29, 0.717) is 28.7 Å². The van der Waals surface area contributed by atoms with Crippen molar-refractivity contribution in [2.45, 2.75) is 25.3 Å². The molecule has 2 aliphatic heterocycles. The van der Waals surface area contributed by atoms with Gasteiger partial charge in [-0.3, -0.25) is 9.59 Å². The smallest absolute Gasteiger partial charge is 0.254 e. The van der Waals surface area contributed by atoms with Gasteiger partial charge in [0.05, 0.1) is 10.0 Å². The molecule has 7 heteroatoms. The quantitative estimate of drug-likeness (QED) is 0.870. The van der Waals surface area contributed by atoms with Crippen LogP contribution < -0.4 is 5.32 Å². The van der Waals surface area contributed by atoms with Gasteiger partial charge in [-0.2, -0.15) is 0 Å². The number of carbonyl (C=O) groups excluding carboxylic acids is 2. The van der Waals surface area contributed by atoms with Crippen LogP contribution in [0.25, 0.3) is 0 Å². The molecule has 1 aromatic rings. The lowest BCUT2D eigenvalue weighted by Crippen LogP contribution is -2.48. The van der Waals surface area contributed by atoms with Crippen LogP contribution >= 0.6 is 23.2 Å². The summed E-state index contributed by atoms with van der Waals surface area (Å²) in [5.41, 5.74) is 0.474. The maximum absolute atomic E-state index is 12.9. The molecule has 2 saturated heterocycles. The fourth-order valence-corrected chi connectivity index (χ4v) is 3.64. The van der Waals surface area contributed by atoms with Crippen LogP contribution in [0.4, 0.5) is 0 Å². The van der Waals surface area contributed by atoms with Gasteiger partial charge in [0, 0.05) is 31.7 Å². The molecule has 0 aliphatic carbocycles. The van der Waals surface area contributed by atoms with Crippen molar-refractivity contribution in [2.24, 2.45) is 0 Å². The standard InChI is InChI=1S/C17H21Cl2N3O2/c18-13-5-4-12(11-14(13)19)16(23)22-9-1-3-15(22)17(24)21-8-2-6-20-7-10-21/h4-5,11,15,20H,1-3,6-10H2. The van der Waals surface area contributed by atoms with Crippen molar-refractivity contribution in [2.75, 3.05) is 32.7 Å². The van der Waals surface area contributed by atoms with Gasteiger partial charge in [0.1, 0.15) is 6.04 Å². The Morgan fingerprint density at radius 3 is 2.67 bits per heavy atom. The Hall–Kier alpha value is -1.30. The third-order valence-corrected chi connectivity index (χ3v) is 5.36. The number of rotatable bonds is 2. The average molecular weight is 370 g/mol. The van der Waals surface area contributed by atoms with E-state index in [2.05, 4.69) is 5.32 Å². The van der Waals surface area contributed by atoms with Gasteiger partial charge < -0.3 is 15.1 Å². The number of halogens is 2. The lowest BCUT2D eigenvalue weighted by atomic mass is 10.1. The molecule has 0 radical (unpaired) electrons. The predicted molar refractivity (Wildman–Crippen MR) is 94.6 cm³/mol. The van der Waals surface area contributed by atoms with Crippen LogP contribution in [-0.2, 0) is 4.79 Å². The molecule has 1 N–H and O–H groups in total. The van der Waals surface area contributed by atoms with Gasteiger partial charge in [-0.1, -0.05) is 23.2 Å². The third-order valence-electron chi connectivity index (χ3n) is 4.62. The summed E-state index contributed by atoms with van der Waals surface area (Å²) >= 11 is 11.9. The molecular weight excluding hydrogens is 349 g/mol. The zero-order valence-electron chi connectivity index (χ0n) is 13.4. The summed E-state index contributed by atoms with van der Waals surface area (Å²) in [5.74, 6) is -0.0954. The van der Waals surface area contributed by atoms with Crippen LogP contribution in [0, 0.1) is 0 Å². The zero-order valence-corrected chi connectivity index (χ0v) is 14.9. The first-order valence-corrected chi connectivity index (χ1v) is 9.09. The van der Waals surface area contributed by atoms with Gasteiger partial charge >= 0.3 is 0 Å². The highest BCUT2D eigenvalue weighted by atomic mass is 35.5. The van der Waals surface area contributed by atoms with Crippen LogP contribution in [0.15, 0.2) is 18.2 Å². The van der Waals surface area contributed by atoms with E-state index in [1.54, 1.807) is 23.1 Å². The minimum Gasteiger partial charge on any atom is -0.340 e. The van der Waals surface area contributed by atoms with Gasteiger partial charge in [0.25, 0.3) is 5.91 Å². The van der Waals surface area contributed by atoms with E-state index >= 15 is 0 Å². The highest BCUT2D eigenvalue weighted by Gasteiger charge is 2.37. The molecule has 2 fully saturated rings. The van der Waals surface area contributed by atoms with Crippen LogP contribution in [0.3, 0.4) is 0 Å². The third kappa shape index (κ3) is 3.68. The van der Waals surface area contributed by atoms with Crippen molar-refractivity contribution in [3.05, 3.63) is 33.8 Å². The molecule has 1 atom stereocenters. The fourth-order valence-electron chi connectivity index (χ4n) is 3.34. The van der Waals surface area contributed by atoms with Gasteiger partial charge in [-0.15, -0.1) is 0 Å². The SMILES string of the molecule is O=C(C1CCCN1C(=O)c1ccc(Cl)c(Cl)c1)N1CCCNCC1. The van der Waals surface area contributed by atoms with Crippen LogP contribution in [-0.4, -0.2) is 60.4 Å². The Bertz CT molecular complexity index is 630. The highest BCUT2D eigenvalue weighted by Crippen LogP contribution is 2.26. The number of nitrogens with zero attached hydrogens (tertiary/aromatic N) is 2. The molecule has 3 rings (SSSR count). The Labute approximate surface area is 151 Å². The molecule has 0 spiro atoms. The molecule has 5 nitrogen and oxygen atoms in total. The molecule has 2 heterocycles. The summed E-state index contributed by atoms with van der Waals surface area (Å²) in [6.07, 6.45) is 2.50. The first-order chi connectivity index (χ1) is 11.6. The summed E-state index contributed by atoms with van der Waals surface area (Å²) in [6.45, 7) is 3.78. The van der Waals surface area contributed by atoms with Crippen molar-refractivity contribution < 1.29 is 9.59 Å². The predicted octanol–water partition coefficient (Wildman–Crippen LogP) is 2.42. The summed E-state index contributed by atoms with van der Waals surface area (Å²) in [4.78, 5) is 29.3. The fraction of sp³-hybridized carbons (Fsp3) is 0.529. The van der Waals surface area contributed by atoms with Crippen molar-refractivity contribution in [3.8, 4) is 0 Å². The number of hydrogen-bond acceptors (Lipinski definition) is 3. The van der Waals surface area contributed by atoms with E-state index in [0.717, 1.165) is 38.9 Å². The summed E-state index contributed by atoms with van der Waals surface area (Å²) in [7, 11) is 0. The molecule has 0 bridgehead atoms. The van der Waals surface area contributed by atoms with Gasteiger partial charge in [0.15, 0.2) is 0 Å². The maximum atomic E-state index is 12.9. The average Bonchev–Trinajstić information content (AvgIpc) is 2.91. The number of benzene rings is 1. The van der Waals surface area contributed by atoms with E-state index < -0.39 is 0 Å². The van der Waals surface area contributed by atoms with Crippen LogP contribution in [0.1, 0.15) is 29.6 Å². The summed E-state index contributed by atoms with van der Waals surface area (Å²) < 4.78 is 0. The van der Waals surface area contributed by atoms with Gasteiger partial charge in [-0.25, -0.2) is 0 Å².